The van der Waals surface area contributed by atoms with Crippen LogP contribution < -0.4 is 10.1 Å². The number of unbranched alkanes of at least 4 members (excludes halogenated alkanes) is 1. The summed E-state index contributed by atoms with van der Waals surface area (Å²) < 4.78 is 5.75. The molecule has 0 fully saturated rings. The third kappa shape index (κ3) is 7.34. The summed E-state index contributed by atoms with van der Waals surface area (Å²) in [4.78, 5) is 0. The van der Waals surface area contributed by atoms with E-state index in [1.54, 1.807) is 0 Å². The molecule has 1 rings (SSSR count). The van der Waals surface area contributed by atoms with Gasteiger partial charge in [0.2, 0.25) is 0 Å². The van der Waals surface area contributed by atoms with Crippen LogP contribution in [-0.2, 0) is 6.42 Å². The molecule has 0 unspecified atom stereocenters. The fourth-order valence-electron chi connectivity index (χ4n) is 1.76. The van der Waals surface area contributed by atoms with Crippen LogP contribution in [-0.4, -0.2) is 18.7 Å². The number of hydrogen-bond donors (Lipinski definition) is 1. The van der Waals surface area contributed by atoms with E-state index in [2.05, 4.69) is 63.9 Å². The van der Waals surface area contributed by atoms with Crippen LogP contribution >= 0.6 is 0 Å². The van der Waals surface area contributed by atoms with Crippen LogP contribution in [0.5, 0.6) is 5.75 Å². The maximum atomic E-state index is 5.75. The standard InChI is InChI=1S/C18H29NO/c1-6-7-8-16-9-11-17(12-10-16)20-14-15(2)13-19-18(3,4)5/h9-12,19H,2,6-8,13-14H2,1,3-5H3. The third-order valence-electron chi connectivity index (χ3n) is 3.05. The Morgan fingerprint density at radius 3 is 2.40 bits per heavy atom. The van der Waals surface area contributed by atoms with Crippen LogP contribution in [0.3, 0.4) is 0 Å². The van der Waals surface area contributed by atoms with Crippen LogP contribution in [0.4, 0.5) is 0 Å². The van der Waals surface area contributed by atoms with Crippen molar-refractivity contribution in [3.05, 3.63) is 42.0 Å². The zero-order valence-corrected chi connectivity index (χ0v) is 13.5. The van der Waals surface area contributed by atoms with E-state index in [1.165, 1.54) is 18.4 Å². The summed E-state index contributed by atoms with van der Waals surface area (Å²) in [6.07, 6.45) is 3.63. The van der Waals surface area contributed by atoms with Crippen LogP contribution in [0.2, 0.25) is 0 Å². The Kier molecular flexibility index (Phi) is 6.80. The fourth-order valence-corrected chi connectivity index (χ4v) is 1.76. The van der Waals surface area contributed by atoms with Crippen molar-refractivity contribution in [1.82, 2.24) is 5.32 Å². The van der Waals surface area contributed by atoms with E-state index in [1.807, 2.05) is 0 Å². The molecule has 1 aromatic rings. The molecule has 0 saturated carbocycles. The van der Waals surface area contributed by atoms with Gasteiger partial charge in [0.05, 0.1) is 0 Å². The van der Waals surface area contributed by atoms with Crippen LogP contribution in [0, 0.1) is 0 Å². The second-order valence-corrected chi connectivity index (χ2v) is 6.39. The molecule has 0 radical (unpaired) electrons. The monoisotopic (exact) mass is 275 g/mol. The summed E-state index contributed by atoms with van der Waals surface area (Å²) >= 11 is 0. The molecule has 112 valence electrons. The van der Waals surface area contributed by atoms with Crippen molar-refractivity contribution in [2.75, 3.05) is 13.2 Å². The lowest BCUT2D eigenvalue weighted by molar-refractivity contribution is 0.341. The second kappa shape index (κ2) is 8.11. The number of ether oxygens (including phenoxy) is 1. The smallest absolute Gasteiger partial charge is 0.119 e. The first kappa shape index (κ1) is 16.8. The Morgan fingerprint density at radius 2 is 1.85 bits per heavy atom. The van der Waals surface area contributed by atoms with Gasteiger partial charge in [-0.05, 0) is 56.9 Å². The molecular formula is C18H29NO. The molecule has 0 spiro atoms. The highest BCUT2D eigenvalue weighted by Crippen LogP contribution is 2.14. The minimum Gasteiger partial charge on any atom is -0.489 e. The first-order valence-electron chi connectivity index (χ1n) is 7.54. The Labute approximate surface area is 124 Å². The van der Waals surface area contributed by atoms with Crippen molar-refractivity contribution < 1.29 is 4.74 Å². The number of aryl methyl sites for hydroxylation is 1. The van der Waals surface area contributed by atoms with Gasteiger partial charge < -0.3 is 10.1 Å². The van der Waals surface area contributed by atoms with Gasteiger partial charge in [-0.1, -0.05) is 32.1 Å². The SMILES string of the molecule is C=C(CNC(C)(C)C)COc1ccc(CCCC)cc1. The molecule has 0 aliphatic carbocycles. The van der Waals surface area contributed by atoms with Crippen molar-refractivity contribution in [3.8, 4) is 5.75 Å². The molecule has 2 nitrogen and oxygen atoms in total. The molecule has 20 heavy (non-hydrogen) atoms. The molecule has 0 aliphatic rings. The van der Waals surface area contributed by atoms with Gasteiger partial charge >= 0.3 is 0 Å². The largest absolute Gasteiger partial charge is 0.489 e. The zero-order chi connectivity index (χ0) is 15.0. The number of rotatable bonds is 8. The number of benzene rings is 1. The lowest BCUT2D eigenvalue weighted by Crippen LogP contribution is -2.37. The summed E-state index contributed by atoms with van der Waals surface area (Å²) in [7, 11) is 0. The molecule has 1 N–H and O–H groups in total. The molecule has 0 heterocycles. The summed E-state index contributed by atoms with van der Waals surface area (Å²) in [5.41, 5.74) is 2.56. The average molecular weight is 275 g/mol. The van der Waals surface area contributed by atoms with E-state index in [0.29, 0.717) is 6.61 Å². The lowest BCUT2D eigenvalue weighted by atomic mass is 10.1. The van der Waals surface area contributed by atoms with E-state index < -0.39 is 0 Å². The molecule has 0 atom stereocenters. The van der Waals surface area contributed by atoms with Crippen molar-refractivity contribution in [3.63, 3.8) is 0 Å². The predicted octanol–water partition coefficient (Wildman–Crippen LogP) is 4.35. The normalized spacial score (nSPS) is 11.4. The van der Waals surface area contributed by atoms with Crippen LogP contribution in [0.1, 0.15) is 46.1 Å². The molecule has 2 heteroatoms. The quantitative estimate of drug-likeness (QED) is 0.712. The second-order valence-electron chi connectivity index (χ2n) is 6.39. The van der Waals surface area contributed by atoms with Crippen LogP contribution in [0.25, 0.3) is 0 Å². The lowest BCUT2D eigenvalue weighted by Gasteiger charge is -2.21. The Morgan fingerprint density at radius 1 is 1.20 bits per heavy atom. The van der Waals surface area contributed by atoms with E-state index >= 15 is 0 Å². The van der Waals surface area contributed by atoms with Crippen molar-refractivity contribution >= 4 is 0 Å². The fraction of sp³-hybridized carbons (Fsp3) is 0.556. The topological polar surface area (TPSA) is 21.3 Å². The highest BCUT2D eigenvalue weighted by Gasteiger charge is 2.08. The summed E-state index contributed by atoms with van der Waals surface area (Å²) in [5.74, 6) is 0.919. The third-order valence-corrected chi connectivity index (χ3v) is 3.05. The van der Waals surface area contributed by atoms with Gasteiger partial charge in [-0.2, -0.15) is 0 Å². The van der Waals surface area contributed by atoms with Crippen molar-refractivity contribution in [1.29, 1.82) is 0 Å². The Balaban J connectivity index is 2.32. The zero-order valence-electron chi connectivity index (χ0n) is 13.5. The molecule has 1 aromatic carbocycles. The maximum absolute atomic E-state index is 5.75. The van der Waals surface area contributed by atoms with Crippen molar-refractivity contribution in [2.24, 2.45) is 0 Å². The molecule has 0 saturated heterocycles. The van der Waals surface area contributed by atoms with Gasteiger partial charge in [0.1, 0.15) is 12.4 Å². The summed E-state index contributed by atoms with van der Waals surface area (Å²) in [6, 6.07) is 8.41. The summed E-state index contributed by atoms with van der Waals surface area (Å²) in [6.45, 7) is 14.1. The average Bonchev–Trinajstić information content (AvgIpc) is 2.41. The van der Waals surface area contributed by atoms with Crippen LogP contribution in [0.15, 0.2) is 36.4 Å². The molecule has 0 amide bonds. The highest BCUT2D eigenvalue weighted by atomic mass is 16.5. The Hall–Kier alpha value is -1.28. The molecule has 0 aromatic heterocycles. The van der Waals surface area contributed by atoms with E-state index in [9.17, 15) is 0 Å². The Bertz CT molecular complexity index is 400. The number of hydrogen-bond acceptors (Lipinski definition) is 2. The van der Waals surface area contributed by atoms with Gasteiger partial charge in [-0.25, -0.2) is 0 Å². The van der Waals surface area contributed by atoms with Crippen molar-refractivity contribution in [2.45, 2.75) is 52.5 Å². The van der Waals surface area contributed by atoms with E-state index in [-0.39, 0.29) is 5.54 Å². The van der Waals surface area contributed by atoms with Gasteiger partial charge in [-0.15, -0.1) is 0 Å². The van der Waals surface area contributed by atoms with Gasteiger partial charge in [0, 0.05) is 12.1 Å². The summed E-state index contributed by atoms with van der Waals surface area (Å²) in [5, 5.41) is 3.41. The minimum absolute atomic E-state index is 0.115. The highest BCUT2D eigenvalue weighted by molar-refractivity contribution is 5.27. The molecular weight excluding hydrogens is 246 g/mol. The van der Waals surface area contributed by atoms with E-state index in [4.69, 9.17) is 4.74 Å². The maximum Gasteiger partial charge on any atom is 0.119 e. The number of nitrogens with one attached hydrogen (secondary N) is 1. The first-order chi connectivity index (χ1) is 9.40. The molecule has 0 aliphatic heterocycles. The van der Waals surface area contributed by atoms with Gasteiger partial charge in [-0.3, -0.25) is 0 Å². The minimum atomic E-state index is 0.115. The molecule has 0 bridgehead atoms. The van der Waals surface area contributed by atoms with Gasteiger partial charge in [0.25, 0.3) is 0 Å². The predicted molar refractivity (Wildman–Crippen MR) is 87.4 cm³/mol. The van der Waals surface area contributed by atoms with E-state index in [0.717, 1.165) is 24.3 Å². The van der Waals surface area contributed by atoms with Gasteiger partial charge in [0.15, 0.2) is 0 Å². The first-order valence-corrected chi connectivity index (χ1v) is 7.54.